The van der Waals surface area contributed by atoms with Gasteiger partial charge in [0.1, 0.15) is 11.6 Å². The molecule has 4 rings (SSSR count). The van der Waals surface area contributed by atoms with Crippen LogP contribution in [0.4, 0.5) is 5.82 Å². The van der Waals surface area contributed by atoms with Crippen molar-refractivity contribution in [1.29, 1.82) is 0 Å². The molecule has 4 heteroatoms. The summed E-state index contributed by atoms with van der Waals surface area (Å²) in [6, 6.07) is 2.40. The predicted molar refractivity (Wildman–Crippen MR) is 112 cm³/mol. The second-order valence-electron chi connectivity index (χ2n) is 9.77. The van der Waals surface area contributed by atoms with E-state index in [-0.39, 0.29) is 10.8 Å². The van der Waals surface area contributed by atoms with Crippen molar-refractivity contribution in [3.05, 3.63) is 41.4 Å². The highest BCUT2D eigenvalue weighted by Crippen LogP contribution is 2.52. The molecular weight excluding hydrogens is 332 g/mol. The number of nitrogens with zero attached hydrogens (tertiary/aromatic N) is 3. The zero-order valence-corrected chi connectivity index (χ0v) is 17.3. The molecule has 1 aliphatic heterocycles. The maximum atomic E-state index is 6.06. The second-order valence-corrected chi connectivity index (χ2v) is 9.77. The van der Waals surface area contributed by atoms with Crippen LogP contribution in [-0.4, -0.2) is 29.1 Å². The van der Waals surface area contributed by atoms with Gasteiger partial charge in [-0.3, -0.25) is 0 Å². The third-order valence-electron chi connectivity index (χ3n) is 6.92. The standard InChI is InChI=1S/C23H34N4/c1-22(2)10-11-23(3,4)19-15-16(5-6-18(19)22)21-25-12-7-20(26-21)27-13-8-17(24)9-14-27/h7,10-12,16-17H,5-6,8-9,13-15,24H2,1-4H3. The normalized spacial score (nSPS) is 27.6. The first-order valence-electron chi connectivity index (χ1n) is 10.5. The van der Waals surface area contributed by atoms with Crippen molar-refractivity contribution in [2.75, 3.05) is 18.0 Å². The van der Waals surface area contributed by atoms with E-state index in [2.05, 4.69) is 50.8 Å². The summed E-state index contributed by atoms with van der Waals surface area (Å²) < 4.78 is 0. The smallest absolute Gasteiger partial charge is 0.134 e. The molecule has 1 saturated heterocycles. The third kappa shape index (κ3) is 3.56. The quantitative estimate of drug-likeness (QED) is 0.778. The summed E-state index contributed by atoms with van der Waals surface area (Å²) in [4.78, 5) is 12.1. The summed E-state index contributed by atoms with van der Waals surface area (Å²) in [5.41, 5.74) is 9.65. The molecular formula is C23H34N4. The lowest BCUT2D eigenvalue weighted by Gasteiger charge is -2.43. The first kappa shape index (κ1) is 18.7. The van der Waals surface area contributed by atoms with Crippen LogP contribution in [0.15, 0.2) is 35.6 Å². The summed E-state index contributed by atoms with van der Waals surface area (Å²) in [7, 11) is 0. The number of rotatable bonds is 2. The average Bonchev–Trinajstić information content (AvgIpc) is 2.66. The molecule has 2 heterocycles. The van der Waals surface area contributed by atoms with Crippen molar-refractivity contribution in [1.82, 2.24) is 9.97 Å². The van der Waals surface area contributed by atoms with E-state index in [9.17, 15) is 0 Å². The number of nitrogens with two attached hydrogens (primary N) is 1. The summed E-state index contributed by atoms with van der Waals surface area (Å²) in [5.74, 6) is 2.53. The Morgan fingerprint density at radius 2 is 1.67 bits per heavy atom. The molecule has 1 fully saturated rings. The average molecular weight is 367 g/mol. The van der Waals surface area contributed by atoms with Crippen LogP contribution in [0.2, 0.25) is 0 Å². The molecule has 0 saturated carbocycles. The van der Waals surface area contributed by atoms with Crippen molar-refractivity contribution in [2.45, 2.75) is 71.8 Å². The SMILES string of the molecule is CC1(C)C=CC(C)(C)C2=C1CCC(c1nccc(N3CCC(N)CC3)n1)C2. The van der Waals surface area contributed by atoms with E-state index in [0.29, 0.717) is 12.0 Å². The fourth-order valence-corrected chi connectivity index (χ4v) is 5.01. The Kier molecular flexibility index (Phi) is 4.66. The Morgan fingerprint density at radius 3 is 2.37 bits per heavy atom. The molecule has 4 nitrogen and oxygen atoms in total. The van der Waals surface area contributed by atoms with E-state index in [0.717, 1.165) is 56.8 Å². The minimum atomic E-state index is 0.143. The number of piperidine rings is 1. The van der Waals surface area contributed by atoms with Crippen LogP contribution in [0.5, 0.6) is 0 Å². The summed E-state index contributed by atoms with van der Waals surface area (Å²) >= 11 is 0. The maximum Gasteiger partial charge on any atom is 0.134 e. The molecule has 0 bridgehead atoms. The largest absolute Gasteiger partial charge is 0.356 e. The van der Waals surface area contributed by atoms with Gasteiger partial charge in [-0.15, -0.1) is 0 Å². The lowest BCUT2D eigenvalue weighted by Crippen LogP contribution is -2.40. The minimum absolute atomic E-state index is 0.143. The van der Waals surface area contributed by atoms with Crippen LogP contribution < -0.4 is 10.6 Å². The van der Waals surface area contributed by atoms with Crippen LogP contribution in [0.3, 0.4) is 0 Å². The Balaban J connectivity index is 1.57. The van der Waals surface area contributed by atoms with Gasteiger partial charge < -0.3 is 10.6 Å². The first-order valence-corrected chi connectivity index (χ1v) is 10.5. The zero-order valence-electron chi connectivity index (χ0n) is 17.3. The van der Waals surface area contributed by atoms with E-state index in [4.69, 9.17) is 15.7 Å². The van der Waals surface area contributed by atoms with Gasteiger partial charge in [0.25, 0.3) is 0 Å². The molecule has 3 aliphatic rings. The third-order valence-corrected chi connectivity index (χ3v) is 6.92. The molecule has 1 aromatic heterocycles. The molecule has 0 amide bonds. The van der Waals surface area contributed by atoms with Gasteiger partial charge in [0.2, 0.25) is 0 Å². The highest BCUT2D eigenvalue weighted by Gasteiger charge is 2.39. The van der Waals surface area contributed by atoms with Crippen LogP contribution >= 0.6 is 0 Å². The van der Waals surface area contributed by atoms with Gasteiger partial charge in [-0.25, -0.2) is 9.97 Å². The molecule has 2 N–H and O–H groups in total. The number of hydrogen-bond acceptors (Lipinski definition) is 4. The van der Waals surface area contributed by atoms with Gasteiger partial charge in [-0.1, -0.05) is 51.0 Å². The van der Waals surface area contributed by atoms with Crippen LogP contribution in [0, 0.1) is 10.8 Å². The van der Waals surface area contributed by atoms with Gasteiger partial charge in [0.15, 0.2) is 0 Å². The van der Waals surface area contributed by atoms with E-state index in [1.165, 1.54) is 0 Å². The summed E-state index contributed by atoms with van der Waals surface area (Å²) in [6.45, 7) is 11.4. The highest BCUT2D eigenvalue weighted by atomic mass is 15.2. The van der Waals surface area contributed by atoms with Gasteiger partial charge in [-0.2, -0.15) is 0 Å². The van der Waals surface area contributed by atoms with Crippen LogP contribution in [0.25, 0.3) is 0 Å². The minimum Gasteiger partial charge on any atom is -0.356 e. The number of anilines is 1. The van der Waals surface area contributed by atoms with Gasteiger partial charge in [-0.05, 0) is 38.2 Å². The predicted octanol–water partition coefficient (Wildman–Crippen LogP) is 4.59. The fourth-order valence-electron chi connectivity index (χ4n) is 5.01. The van der Waals surface area contributed by atoms with E-state index in [1.54, 1.807) is 11.1 Å². The molecule has 146 valence electrons. The van der Waals surface area contributed by atoms with E-state index >= 15 is 0 Å². The van der Waals surface area contributed by atoms with Crippen LogP contribution in [0.1, 0.15) is 71.5 Å². The molecule has 1 atom stereocenters. The van der Waals surface area contributed by atoms with Gasteiger partial charge in [0.05, 0.1) is 0 Å². The van der Waals surface area contributed by atoms with E-state index in [1.807, 2.05) is 6.20 Å². The van der Waals surface area contributed by atoms with Crippen molar-refractivity contribution >= 4 is 5.82 Å². The Bertz CT molecular complexity index is 766. The molecule has 0 radical (unpaired) electrons. The molecule has 27 heavy (non-hydrogen) atoms. The maximum absolute atomic E-state index is 6.06. The molecule has 1 unspecified atom stereocenters. The Morgan fingerprint density at radius 1 is 1.00 bits per heavy atom. The van der Waals surface area contributed by atoms with Gasteiger partial charge in [0, 0.05) is 42.1 Å². The van der Waals surface area contributed by atoms with Crippen molar-refractivity contribution in [3.8, 4) is 0 Å². The lowest BCUT2D eigenvalue weighted by atomic mass is 9.62. The topological polar surface area (TPSA) is 55.0 Å². The number of hydrogen-bond donors (Lipinski definition) is 1. The summed E-state index contributed by atoms with van der Waals surface area (Å²) in [6.07, 6.45) is 12.3. The number of allylic oxidation sites excluding steroid dienone is 4. The Hall–Kier alpha value is -1.68. The lowest BCUT2D eigenvalue weighted by molar-refractivity contribution is 0.387. The monoisotopic (exact) mass is 366 g/mol. The van der Waals surface area contributed by atoms with Crippen molar-refractivity contribution < 1.29 is 0 Å². The first-order chi connectivity index (χ1) is 12.8. The number of aromatic nitrogens is 2. The molecule has 0 spiro atoms. The Labute approximate surface area is 164 Å². The fraction of sp³-hybridized carbons (Fsp3) is 0.652. The second kappa shape index (κ2) is 6.73. The molecule has 1 aromatic rings. The van der Waals surface area contributed by atoms with Gasteiger partial charge >= 0.3 is 0 Å². The van der Waals surface area contributed by atoms with Crippen molar-refractivity contribution in [3.63, 3.8) is 0 Å². The molecule has 0 aromatic carbocycles. The molecule has 2 aliphatic carbocycles. The highest BCUT2D eigenvalue weighted by molar-refractivity contribution is 5.42. The summed E-state index contributed by atoms with van der Waals surface area (Å²) in [5, 5.41) is 0. The van der Waals surface area contributed by atoms with Crippen molar-refractivity contribution in [2.24, 2.45) is 16.6 Å². The van der Waals surface area contributed by atoms with E-state index < -0.39 is 0 Å². The zero-order chi connectivity index (χ0) is 19.2. The van der Waals surface area contributed by atoms with Crippen LogP contribution in [-0.2, 0) is 0 Å².